The van der Waals surface area contributed by atoms with E-state index in [1.165, 1.54) is 4.90 Å². The van der Waals surface area contributed by atoms with Crippen molar-refractivity contribution in [1.29, 1.82) is 0 Å². The quantitative estimate of drug-likeness (QED) is 0.719. The van der Waals surface area contributed by atoms with E-state index in [9.17, 15) is 0 Å². The molecule has 0 saturated heterocycles. The highest BCUT2D eigenvalue weighted by atomic mass is 35.5. The van der Waals surface area contributed by atoms with Gasteiger partial charge in [0.2, 0.25) is 0 Å². The van der Waals surface area contributed by atoms with E-state index in [0.717, 1.165) is 35.9 Å². The van der Waals surface area contributed by atoms with Crippen LogP contribution in [0.4, 0.5) is 0 Å². The second-order valence-corrected chi connectivity index (χ2v) is 6.23. The van der Waals surface area contributed by atoms with Crippen LogP contribution in [0.2, 0.25) is 5.02 Å². The van der Waals surface area contributed by atoms with Crippen molar-refractivity contribution in [2.75, 3.05) is 12.3 Å². The van der Waals surface area contributed by atoms with Gasteiger partial charge in [-0.15, -0.1) is 11.8 Å². The first-order valence-electron chi connectivity index (χ1n) is 6.92. The van der Waals surface area contributed by atoms with Crippen molar-refractivity contribution in [1.82, 2.24) is 5.32 Å². The van der Waals surface area contributed by atoms with Crippen molar-refractivity contribution in [2.24, 2.45) is 0 Å². The number of halogens is 1. The van der Waals surface area contributed by atoms with Crippen LogP contribution in [-0.2, 0) is 6.42 Å². The van der Waals surface area contributed by atoms with Crippen molar-refractivity contribution in [2.45, 2.75) is 30.7 Å². The summed E-state index contributed by atoms with van der Waals surface area (Å²) in [6.07, 6.45) is 3.79. The van der Waals surface area contributed by atoms with Gasteiger partial charge in [0.05, 0.1) is 6.26 Å². The average molecular weight is 310 g/mol. The molecule has 0 amide bonds. The first-order valence-corrected chi connectivity index (χ1v) is 8.28. The standard InChI is InChI=1S/C16H20ClNOS/c1-2-8-18-14(11-15-6-4-9-19-15)12-20-16-7-3-5-13(17)10-16/h3-7,9-10,14,18H,2,8,11-12H2,1H3. The number of hydrogen-bond acceptors (Lipinski definition) is 3. The fourth-order valence-electron chi connectivity index (χ4n) is 1.96. The van der Waals surface area contributed by atoms with Gasteiger partial charge in [-0.1, -0.05) is 24.6 Å². The first kappa shape index (κ1) is 15.5. The second kappa shape index (κ2) is 8.40. The lowest BCUT2D eigenvalue weighted by atomic mass is 10.2. The molecule has 1 N–H and O–H groups in total. The van der Waals surface area contributed by atoms with Gasteiger partial charge in [-0.3, -0.25) is 0 Å². The third kappa shape index (κ3) is 5.23. The number of thioether (sulfide) groups is 1. The maximum absolute atomic E-state index is 6.01. The highest BCUT2D eigenvalue weighted by Gasteiger charge is 2.11. The number of rotatable bonds is 8. The second-order valence-electron chi connectivity index (χ2n) is 4.70. The van der Waals surface area contributed by atoms with E-state index in [4.69, 9.17) is 16.0 Å². The minimum absolute atomic E-state index is 0.407. The predicted molar refractivity (Wildman–Crippen MR) is 86.7 cm³/mol. The van der Waals surface area contributed by atoms with E-state index in [-0.39, 0.29) is 0 Å². The van der Waals surface area contributed by atoms with Gasteiger partial charge in [-0.05, 0) is 43.3 Å². The highest BCUT2D eigenvalue weighted by molar-refractivity contribution is 7.99. The molecule has 4 heteroatoms. The van der Waals surface area contributed by atoms with Crippen LogP contribution < -0.4 is 5.32 Å². The molecule has 0 radical (unpaired) electrons. The Morgan fingerprint density at radius 3 is 2.90 bits per heavy atom. The molecule has 0 aliphatic carbocycles. The summed E-state index contributed by atoms with van der Waals surface area (Å²) in [6.45, 7) is 3.21. The van der Waals surface area contributed by atoms with Gasteiger partial charge in [0.25, 0.3) is 0 Å². The highest BCUT2D eigenvalue weighted by Crippen LogP contribution is 2.23. The van der Waals surface area contributed by atoms with Crippen LogP contribution in [0.1, 0.15) is 19.1 Å². The van der Waals surface area contributed by atoms with E-state index in [0.29, 0.717) is 6.04 Å². The molecule has 0 saturated carbocycles. The normalized spacial score (nSPS) is 12.5. The molecule has 20 heavy (non-hydrogen) atoms. The average Bonchev–Trinajstić information content (AvgIpc) is 2.95. The molecule has 0 spiro atoms. The largest absolute Gasteiger partial charge is 0.469 e. The fraction of sp³-hybridized carbons (Fsp3) is 0.375. The van der Waals surface area contributed by atoms with Crippen molar-refractivity contribution in [3.63, 3.8) is 0 Å². The van der Waals surface area contributed by atoms with E-state index in [1.807, 2.05) is 42.1 Å². The molecule has 1 aromatic heterocycles. The third-order valence-electron chi connectivity index (χ3n) is 2.96. The predicted octanol–water partition coefficient (Wildman–Crippen LogP) is 4.64. The van der Waals surface area contributed by atoms with Crippen LogP contribution >= 0.6 is 23.4 Å². The summed E-state index contributed by atoms with van der Waals surface area (Å²) >= 11 is 7.84. The molecular weight excluding hydrogens is 290 g/mol. The number of hydrogen-bond donors (Lipinski definition) is 1. The van der Waals surface area contributed by atoms with Crippen LogP contribution in [-0.4, -0.2) is 18.3 Å². The summed E-state index contributed by atoms with van der Waals surface area (Å²) in [6, 6.07) is 12.4. The summed E-state index contributed by atoms with van der Waals surface area (Å²) < 4.78 is 5.44. The van der Waals surface area contributed by atoms with Gasteiger partial charge in [-0.25, -0.2) is 0 Å². The fourth-order valence-corrected chi connectivity index (χ4v) is 3.23. The molecule has 1 heterocycles. The van der Waals surface area contributed by atoms with Crippen molar-refractivity contribution >= 4 is 23.4 Å². The monoisotopic (exact) mass is 309 g/mol. The smallest absolute Gasteiger partial charge is 0.105 e. The van der Waals surface area contributed by atoms with Crippen LogP contribution in [0, 0.1) is 0 Å². The van der Waals surface area contributed by atoms with E-state index in [1.54, 1.807) is 6.26 Å². The maximum Gasteiger partial charge on any atom is 0.105 e. The summed E-state index contributed by atoms with van der Waals surface area (Å²) in [4.78, 5) is 1.21. The van der Waals surface area contributed by atoms with Crippen molar-refractivity contribution < 1.29 is 4.42 Å². The van der Waals surface area contributed by atoms with Gasteiger partial charge >= 0.3 is 0 Å². The topological polar surface area (TPSA) is 25.2 Å². The Morgan fingerprint density at radius 2 is 2.20 bits per heavy atom. The van der Waals surface area contributed by atoms with Crippen LogP contribution in [0.3, 0.4) is 0 Å². The van der Waals surface area contributed by atoms with E-state index >= 15 is 0 Å². The van der Waals surface area contributed by atoms with Gasteiger partial charge in [0.15, 0.2) is 0 Å². The molecule has 2 aromatic rings. The lowest BCUT2D eigenvalue weighted by molar-refractivity contribution is 0.460. The number of nitrogens with one attached hydrogen (secondary N) is 1. The van der Waals surface area contributed by atoms with Crippen molar-refractivity contribution in [3.05, 3.63) is 53.4 Å². The maximum atomic E-state index is 6.01. The van der Waals surface area contributed by atoms with Gasteiger partial charge < -0.3 is 9.73 Å². The zero-order chi connectivity index (χ0) is 14.2. The van der Waals surface area contributed by atoms with E-state index in [2.05, 4.69) is 18.3 Å². The Hall–Kier alpha value is -0.900. The number of furan rings is 1. The summed E-state index contributed by atoms with van der Waals surface area (Å²) in [7, 11) is 0. The first-order chi connectivity index (χ1) is 9.78. The van der Waals surface area contributed by atoms with Gasteiger partial charge in [-0.2, -0.15) is 0 Å². The lowest BCUT2D eigenvalue weighted by Crippen LogP contribution is -2.33. The van der Waals surface area contributed by atoms with Crippen LogP contribution in [0.15, 0.2) is 52.0 Å². The van der Waals surface area contributed by atoms with Gasteiger partial charge in [0, 0.05) is 28.1 Å². The van der Waals surface area contributed by atoms with E-state index < -0.39 is 0 Å². The Morgan fingerprint density at radius 1 is 1.30 bits per heavy atom. The molecule has 2 nitrogen and oxygen atoms in total. The zero-order valence-electron chi connectivity index (χ0n) is 11.6. The Bertz CT molecular complexity index is 501. The molecule has 1 aromatic carbocycles. The molecule has 108 valence electrons. The zero-order valence-corrected chi connectivity index (χ0v) is 13.2. The third-order valence-corrected chi connectivity index (χ3v) is 4.35. The Kier molecular flexibility index (Phi) is 6.51. The summed E-state index contributed by atoms with van der Waals surface area (Å²) in [5.74, 6) is 2.03. The molecule has 0 bridgehead atoms. The van der Waals surface area contributed by atoms with Crippen LogP contribution in [0.5, 0.6) is 0 Å². The van der Waals surface area contributed by atoms with Crippen molar-refractivity contribution in [3.8, 4) is 0 Å². The Labute approximate surface area is 129 Å². The molecule has 1 atom stereocenters. The minimum atomic E-state index is 0.407. The van der Waals surface area contributed by atoms with Crippen LogP contribution in [0.25, 0.3) is 0 Å². The molecule has 2 rings (SSSR count). The lowest BCUT2D eigenvalue weighted by Gasteiger charge is -2.17. The molecule has 1 unspecified atom stereocenters. The SMILES string of the molecule is CCCNC(CSc1cccc(Cl)c1)Cc1ccco1. The Balaban J connectivity index is 1.89. The van der Waals surface area contributed by atoms with Gasteiger partial charge in [0.1, 0.15) is 5.76 Å². The minimum Gasteiger partial charge on any atom is -0.469 e. The molecule has 0 aliphatic heterocycles. The summed E-state index contributed by atoms with van der Waals surface area (Å²) in [5.41, 5.74) is 0. The molecule has 0 aliphatic rings. The number of benzene rings is 1. The molecular formula is C16H20ClNOS. The molecule has 0 fully saturated rings. The summed E-state index contributed by atoms with van der Waals surface area (Å²) in [5, 5.41) is 4.37.